The van der Waals surface area contributed by atoms with Crippen LogP contribution in [-0.2, 0) is 9.31 Å². The highest BCUT2D eigenvalue weighted by molar-refractivity contribution is 6.64. The molecular weight excluding hydrogens is 285 g/mol. The summed E-state index contributed by atoms with van der Waals surface area (Å²) in [6, 6.07) is 16.5. The van der Waals surface area contributed by atoms with Gasteiger partial charge in [0.15, 0.2) is 0 Å². The highest BCUT2D eigenvalue weighted by atomic mass is 16.7. The van der Waals surface area contributed by atoms with E-state index in [0.29, 0.717) is 0 Å². The molecule has 1 fully saturated rings. The van der Waals surface area contributed by atoms with Gasteiger partial charge in [-0.15, -0.1) is 0 Å². The maximum atomic E-state index is 6.19. The Morgan fingerprint density at radius 3 is 2.00 bits per heavy atom. The van der Waals surface area contributed by atoms with Crippen molar-refractivity contribution in [1.82, 2.24) is 0 Å². The van der Waals surface area contributed by atoms with Gasteiger partial charge < -0.3 is 14.6 Å². The number of benzene rings is 2. The van der Waals surface area contributed by atoms with Crippen LogP contribution in [0.4, 0.5) is 11.4 Å². The Kier molecular flexibility index (Phi) is 3.99. The second kappa shape index (κ2) is 5.70. The van der Waals surface area contributed by atoms with Crippen LogP contribution in [0.5, 0.6) is 0 Å². The van der Waals surface area contributed by atoms with E-state index >= 15 is 0 Å². The lowest BCUT2D eigenvalue weighted by atomic mass is 9.77. The number of para-hydroxylation sites is 1. The molecule has 0 spiro atoms. The van der Waals surface area contributed by atoms with E-state index in [1.807, 2.05) is 12.1 Å². The standard InChI is InChI=1S/C19H24BNO2/c1-14-10-12-15(13-11-14)21-17-9-7-6-8-16(17)20-22-18(2,3)19(4,5)23-20/h6-13,21H,1-5H3. The van der Waals surface area contributed by atoms with E-state index in [1.54, 1.807) is 0 Å². The van der Waals surface area contributed by atoms with E-state index in [2.05, 4.69) is 76.3 Å². The quantitative estimate of drug-likeness (QED) is 0.868. The van der Waals surface area contributed by atoms with Gasteiger partial charge in [-0.3, -0.25) is 0 Å². The Balaban J connectivity index is 1.88. The monoisotopic (exact) mass is 309 g/mol. The summed E-state index contributed by atoms with van der Waals surface area (Å²) in [5, 5.41) is 3.47. The molecule has 3 nitrogen and oxygen atoms in total. The molecule has 0 aliphatic carbocycles. The smallest absolute Gasteiger partial charge is 0.399 e. The Labute approximate surface area is 139 Å². The van der Waals surface area contributed by atoms with Gasteiger partial charge in [-0.2, -0.15) is 0 Å². The summed E-state index contributed by atoms with van der Waals surface area (Å²) in [6.45, 7) is 10.4. The first kappa shape index (κ1) is 16.1. The number of nitrogens with one attached hydrogen (secondary N) is 1. The summed E-state index contributed by atoms with van der Waals surface area (Å²) in [5.41, 5.74) is 3.65. The Hall–Kier alpha value is -1.78. The summed E-state index contributed by atoms with van der Waals surface area (Å²) in [4.78, 5) is 0. The van der Waals surface area contributed by atoms with Crippen molar-refractivity contribution in [2.24, 2.45) is 0 Å². The molecule has 0 saturated carbocycles. The summed E-state index contributed by atoms with van der Waals surface area (Å²) in [6.07, 6.45) is 0. The van der Waals surface area contributed by atoms with Gasteiger partial charge in [-0.1, -0.05) is 35.9 Å². The summed E-state index contributed by atoms with van der Waals surface area (Å²) < 4.78 is 12.4. The molecule has 3 rings (SSSR count). The topological polar surface area (TPSA) is 30.5 Å². The molecule has 0 amide bonds. The highest BCUT2D eigenvalue weighted by Crippen LogP contribution is 2.37. The Morgan fingerprint density at radius 2 is 1.39 bits per heavy atom. The average Bonchev–Trinajstić information content (AvgIpc) is 2.70. The Bertz CT molecular complexity index is 679. The van der Waals surface area contributed by atoms with Crippen LogP contribution in [0.2, 0.25) is 0 Å². The van der Waals surface area contributed by atoms with Crippen molar-refractivity contribution in [1.29, 1.82) is 0 Å². The zero-order valence-electron chi connectivity index (χ0n) is 14.5. The van der Waals surface area contributed by atoms with Crippen LogP contribution >= 0.6 is 0 Å². The molecule has 2 aromatic carbocycles. The van der Waals surface area contributed by atoms with Crippen LogP contribution in [0.15, 0.2) is 48.5 Å². The summed E-state index contributed by atoms with van der Waals surface area (Å²) in [7, 11) is -0.367. The molecule has 1 saturated heterocycles. The number of anilines is 2. The largest absolute Gasteiger partial charge is 0.496 e. The van der Waals surface area contributed by atoms with Crippen LogP contribution in [0.3, 0.4) is 0 Å². The Morgan fingerprint density at radius 1 is 0.826 bits per heavy atom. The van der Waals surface area contributed by atoms with E-state index < -0.39 is 0 Å². The molecule has 1 N–H and O–H groups in total. The van der Waals surface area contributed by atoms with Gasteiger partial charge in [-0.25, -0.2) is 0 Å². The number of hydrogen-bond donors (Lipinski definition) is 1. The first-order valence-corrected chi connectivity index (χ1v) is 8.07. The highest BCUT2D eigenvalue weighted by Gasteiger charge is 2.52. The van der Waals surface area contributed by atoms with Crippen LogP contribution in [0, 0.1) is 6.92 Å². The predicted octanol–water partition coefficient (Wildman–Crippen LogP) is 4.04. The molecule has 4 heteroatoms. The van der Waals surface area contributed by atoms with Crippen LogP contribution in [-0.4, -0.2) is 18.3 Å². The van der Waals surface area contributed by atoms with Gasteiger partial charge >= 0.3 is 7.12 Å². The third-order valence-electron chi connectivity index (χ3n) is 4.80. The SMILES string of the molecule is Cc1ccc(Nc2ccccc2B2OC(C)(C)C(C)(C)O2)cc1. The molecule has 1 heterocycles. The molecule has 0 unspecified atom stereocenters. The number of hydrogen-bond acceptors (Lipinski definition) is 3. The molecule has 0 aromatic heterocycles. The van der Waals surface area contributed by atoms with E-state index in [1.165, 1.54) is 5.56 Å². The number of rotatable bonds is 3. The van der Waals surface area contributed by atoms with Gasteiger partial charge in [0, 0.05) is 16.8 Å². The molecule has 0 radical (unpaired) electrons. The van der Waals surface area contributed by atoms with Gasteiger partial charge in [0.2, 0.25) is 0 Å². The lowest BCUT2D eigenvalue weighted by molar-refractivity contribution is 0.00578. The zero-order valence-corrected chi connectivity index (χ0v) is 14.5. The van der Waals surface area contributed by atoms with Crippen molar-refractivity contribution in [2.45, 2.75) is 45.8 Å². The lowest BCUT2D eigenvalue weighted by Crippen LogP contribution is -2.41. The van der Waals surface area contributed by atoms with E-state index in [-0.39, 0.29) is 18.3 Å². The van der Waals surface area contributed by atoms with Crippen molar-refractivity contribution >= 4 is 24.0 Å². The zero-order chi connectivity index (χ0) is 16.7. The maximum Gasteiger partial charge on any atom is 0.496 e. The molecule has 0 bridgehead atoms. The van der Waals surface area contributed by atoms with E-state index in [4.69, 9.17) is 9.31 Å². The van der Waals surface area contributed by atoms with Gasteiger partial charge in [-0.05, 0) is 52.8 Å². The van der Waals surface area contributed by atoms with E-state index in [0.717, 1.165) is 16.8 Å². The minimum absolute atomic E-state index is 0.339. The fourth-order valence-electron chi connectivity index (χ4n) is 2.58. The fraction of sp³-hybridized carbons (Fsp3) is 0.368. The molecule has 0 atom stereocenters. The predicted molar refractivity (Wildman–Crippen MR) is 96.6 cm³/mol. The van der Waals surface area contributed by atoms with Crippen molar-refractivity contribution in [2.75, 3.05) is 5.32 Å². The normalized spacial score (nSPS) is 18.9. The van der Waals surface area contributed by atoms with Crippen molar-refractivity contribution in [3.63, 3.8) is 0 Å². The van der Waals surface area contributed by atoms with Crippen molar-refractivity contribution in [3.8, 4) is 0 Å². The first-order valence-electron chi connectivity index (χ1n) is 8.07. The lowest BCUT2D eigenvalue weighted by Gasteiger charge is -2.32. The maximum absolute atomic E-state index is 6.19. The average molecular weight is 309 g/mol. The molecule has 23 heavy (non-hydrogen) atoms. The van der Waals surface area contributed by atoms with Gasteiger partial charge in [0.1, 0.15) is 0 Å². The molecule has 1 aliphatic heterocycles. The second-order valence-electron chi connectivity index (χ2n) is 7.17. The van der Waals surface area contributed by atoms with Gasteiger partial charge in [0.05, 0.1) is 11.2 Å². The van der Waals surface area contributed by atoms with Crippen LogP contribution < -0.4 is 10.8 Å². The van der Waals surface area contributed by atoms with Crippen molar-refractivity contribution < 1.29 is 9.31 Å². The van der Waals surface area contributed by atoms with Crippen LogP contribution in [0.25, 0.3) is 0 Å². The molecule has 1 aliphatic rings. The fourth-order valence-corrected chi connectivity index (χ4v) is 2.58. The van der Waals surface area contributed by atoms with Gasteiger partial charge in [0.25, 0.3) is 0 Å². The van der Waals surface area contributed by atoms with Crippen molar-refractivity contribution in [3.05, 3.63) is 54.1 Å². The molecular formula is C19H24BNO2. The first-order chi connectivity index (χ1) is 10.8. The van der Waals surface area contributed by atoms with Crippen LogP contribution in [0.1, 0.15) is 33.3 Å². The third kappa shape index (κ3) is 3.14. The third-order valence-corrected chi connectivity index (χ3v) is 4.80. The molecule has 2 aromatic rings. The number of aryl methyl sites for hydroxylation is 1. The second-order valence-corrected chi connectivity index (χ2v) is 7.17. The minimum atomic E-state index is -0.367. The van der Waals surface area contributed by atoms with E-state index in [9.17, 15) is 0 Å². The summed E-state index contributed by atoms with van der Waals surface area (Å²) >= 11 is 0. The summed E-state index contributed by atoms with van der Waals surface area (Å²) in [5.74, 6) is 0. The minimum Gasteiger partial charge on any atom is -0.399 e. The molecule has 120 valence electrons.